The summed E-state index contributed by atoms with van der Waals surface area (Å²) in [7, 11) is 0. The van der Waals surface area contributed by atoms with Gasteiger partial charge < -0.3 is 0 Å². The van der Waals surface area contributed by atoms with Crippen LogP contribution in [0.3, 0.4) is 0 Å². The molecule has 7 aromatic rings. The molecule has 2 aliphatic rings. The van der Waals surface area contributed by atoms with Gasteiger partial charge in [-0.2, -0.15) is 0 Å². The summed E-state index contributed by atoms with van der Waals surface area (Å²) in [4.78, 5) is 14.7. The smallest absolute Gasteiger partial charge is 0.148 e. The standard InChI is InChI=1S/C31H18N4/c1-2-6-18-17(5-1)15-23-19(18)9-10-20-21-11-12-27-28(25(21)16-24(20)23)34-31-22-7-3-13-32-29(22)30-26(35(27)31)8-4-14-33-30/h1-14H,15-16H2. The minimum Gasteiger partial charge on any atom is -0.290 e. The summed E-state index contributed by atoms with van der Waals surface area (Å²) in [5, 5.41) is 1.04. The van der Waals surface area contributed by atoms with Gasteiger partial charge in [-0.25, -0.2) is 4.98 Å². The van der Waals surface area contributed by atoms with Crippen molar-refractivity contribution in [1.82, 2.24) is 19.4 Å². The Balaban J connectivity index is 1.36. The molecule has 2 aliphatic carbocycles. The molecule has 0 atom stereocenters. The zero-order valence-electron chi connectivity index (χ0n) is 18.8. The third-order valence-corrected chi connectivity index (χ3v) is 7.98. The van der Waals surface area contributed by atoms with Crippen LogP contribution in [0.5, 0.6) is 0 Å². The molecule has 0 unspecified atom stereocenters. The van der Waals surface area contributed by atoms with Gasteiger partial charge in [0.1, 0.15) is 16.7 Å². The van der Waals surface area contributed by atoms with Crippen molar-refractivity contribution in [3.63, 3.8) is 0 Å². The van der Waals surface area contributed by atoms with E-state index >= 15 is 0 Å². The number of rotatable bonds is 0. The van der Waals surface area contributed by atoms with Gasteiger partial charge in [0.2, 0.25) is 0 Å². The van der Waals surface area contributed by atoms with E-state index < -0.39 is 0 Å². The second-order valence-corrected chi connectivity index (χ2v) is 9.63. The highest BCUT2D eigenvalue weighted by atomic mass is 15.0. The van der Waals surface area contributed by atoms with Crippen molar-refractivity contribution in [1.29, 1.82) is 0 Å². The lowest BCUT2D eigenvalue weighted by Crippen LogP contribution is -1.94. The predicted molar refractivity (Wildman–Crippen MR) is 140 cm³/mol. The number of pyridine rings is 3. The van der Waals surface area contributed by atoms with Crippen molar-refractivity contribution >= 4 is 38.6 Å². The van der Waals surface area contributed by atoms with E-state index in [2.05, 4.69) is 70.0 Å². The number of benzene rings is 3. The Morgan fingerprint density at radius 1 is 0.543 bits per heavy atom. The molecule has 0 bridgehead atoms. The van der Waals surface area contributed by atoms with Crippen LogP contribution in [0, 0.1) is 0 Å². The highest BCUT2D eigenvalue weighted by molar-refractivity contribution is 6.11. The van der Waals surface area contributed by atoms with E-state index in [0.717, 1.165) is 51.5 Å². The van der Waals surface area contributed by atoms with Crippen LogP contribution in [0.2, 0.25) is 0 Å². The van der Waals surface area contributed by atoms with Gasteiger partial charge in [-0.15, -0.1) is 0 Å². The van der Waals surface area contributed by atoms with E-state index in [9.17, 15) is 0 Å². The Labute approximate surface area is 200 Å². The molecule has 0 aliphatic heterocycles. The quantitative estimate of drug-likeness (QED) is 0.243. The van der Waals surface area contributed by atoms with Crippen LogP contribution in [0.1, 0.15) is 22.3 Å². The summed E-state index contributed by atoms with van der Waals surface area (Å²) in [5.41, 5.74) is 17.2. The molecule has 0 saturated carbocycles. The molecule has 0 radical (unpaired) electrons. The second kappa shape index (κ2) is 6.10. The van der Waals surface area contributed by atoms with Crippen LogP contribution >= 0.6 is 0 Å². The van der Waals surface area contributed by atoms with Gasteiger partial charge in [0.25, 0.3) is 0 Å². The van der Waals surface area contributed by atoms with Gasteiger partial charge in [0.05, 0.1) is 16.6 Å². The van der Waals surface area contributed by atoms with E-state index in [4.69, 9.17) is 9.97 Å². The summed E-state index contributed by atoms with van der Waals surface area (Å²) < 4.78 is 2.27. The third kappa shape index (κ3) is 2.11. The average Bonchev–Trinajstić information content (AvgIpc) is 3.60. The lowest BCUT2D eigenvalue weighted by Gasteiger charge is -2.08. The second-order valence-electron chi connectivity index (χ2n) is 9.63. The average molecular weight is 447 g/mol. The minimum atomic E-state index is 0.904. The fraction of sp³-hybridized carbons (Fsp3) is 0.0645. The van der Waals surface area contributed by atoms with Crippen LogP contribution < -0.4 is 0 Å². The zero-order chi connectivity index (χ0) is 22.7. The lowest BCUT2D eigenvalue weighted by molar-refractivity contribution is 1.17. The van der Waals surface area contributed by atoms with Crippen LogP contribution in [-0.4, -0.2) is 19.4 Å². The summed E-state index contributed by atoms with van der Waals surface area (Å²) >= 11 is 0. The molecule has 0 saturated heterocycles. The Kier molecular flexibility index (Phi) is 3.11. The van der Waals surface area contributed by atoms with Crippen molar-refractivity contribution < 1.29 is 0 Å². The molecule has 0 amide bonds. The van der Waals surface area contributed by atoms with E-state index in [-0.39, 0.29) is 0 Å². The van der Waals surface area contributed by atoms with Crippen molar-refractivity contribution in [2.75, 3.05) is 0 Å². The molecule has 4 aromatic heterocycles. The molecule has 4 nitrogen and oxygen atoms in total. The topological polar surface area (TPSA) is 43.1 Å². The van der Waals surface area contributed by atoms with Crippen molar-refractivity contribution in [3.8, 4) is 22.3 Å². The largest absolute Gasteiger partial charge is 0.290 e. The molecule has 3 aromatic carbocycles. The maximum absolute atomic E-state index is 5.28. The monoisotopic (exact) mass is 446 g/mol. The minimum absolute atomic E-state index is 0.904. The molecule has 9 rings (SSSR count). The molecular formula is C31H18N4. The van der Waals surface area contributed by atoms with Gasteiger partial charge in [0, 0.05) is 24.2 Å². The molecule has 0 N–H and O–H groups in total. The molecule has 35 heavy (non-hydrogen) atoms. The van der Waals surface area contributed by atoms with Crippen molar-refractivity contribution in [2.45, 2.75) is 12.8 Å². The van der Waals surface area contributed by atoms with Crippen molar-refractivity contribution in [3.05, 3.63) is 107 Å². The number of aromatic nitrogens is 4. The third-order valence-electron chi connectivity index (χ3n) is 7.98. The number of hydrogen-bond acceptors (Lipinski definition) is 3. The van der Waals surface area contributed by atoms with E-state index in [0.29, 0.717) is 0 Å². The summed E-state index contributed by atoms with van der Waals surface area (Å²) in [6.07, 6.45) is 5.62. The van der Waals surface area contributed by atoms with E-state index in [1.807, 2.05) is 24.5 Å². The first-order valence-corrected chi connectivity index (χ1v) is 12.1. The number of fused-ring (bicyclic) bond motifs is 16. The maximum Gasteiger partial charge on any atom is 0.148 e. The summed E-state index contributed by atoms with van der Waals surface area (Å²) in [6.45, 7) is 0. The van der Waals surface area contributed by atoms with Gasteiger partial charge in [-0.3, -0.25) is 14.4 Å². The highest BCUT2D eigenvalue weighted by Crippen LogP contribution is 2.48. The van der Waals surface area contributed by atoms with Crippen LogP contribution in [0.4, 0.5) is 0 Å². The fourth-order valence-corrected chi connectivity index (χ4v) is 6.50. The molecule has 4 heteroatoms. The first-order valence-electron chi connectivity index (χ1n) is 12.1. The number of hydrogen-bond donors (Lipinski definition) is 0. The van der Waals surface area contributed by atoms with Crippen molar-refractivity contribution in [2.24, 2.45) is 0 Å². The molecule has 162 valence electrons. The van der Waals surface area contributed by atoms with Crippen LogP contribution in [-0.2, 0) is 12.8 Å². The molecular weight excluding hydrogens is 428 g/mol. The summed E-state index contributed by atoms with van der Waals surface area (Å²) in [5.74, 6) is 0. The predicted octanol–water partition coefficient (Wildman–Crippen LogP) is 6.73. The number of imidazole rings is 1. The zero-order valence-corrected chi connectivity index (χ0v) is 18.8. The highest BCUT2D eigenvalue weighted by Gasteiger charge is 2.30. The van der Waals surface area contributed by atoms with Gasteiger partial charge in [-0.05, 0) is 81.3 Å². The Hall–Kier alpha value is -4.57. The van der Waals surface area contributed by atoms with Crippen LogP contribution in [0.25, 0.3) is 60.9 Å². The van der Waals surface area contributed by atoms with Gasteiger partial charge >= 0.3 is 0 Å². The Morgan fingerprint density at radius 2 is 1.26 bits per heavy atom. The maximum atomic E-state index is 5.28. The SMILES string of the molecule is c1ccc2c(c1)Cc1c-2ccc2c1Cc1c-2ccc2c1nc1c3cccnc3c3ncccc3n21. The first-order chi connectivity index (χ1) is 17.4. The molecule has 4 heterocycles. The first kappa shape index (κ1) is 17.8. The van der Waals surface area contributed by atoms with Gasteiger partial charge in [0.15, 0.2) is 0 Å². The van der Waals surface area contributed by atoms with E-state index in [1.165, 1.54) is 44.5 Å². The fourth-order valence-electron chi connectivity index (χ4n) is 6.50. The number of nitrogens with zero attached hydrogens (tertiary/aromatic N) is 4. The van der Waals surface area contributed by atoms with E-state index in [1.54, 1.807) is 0 Å². The molecule has 0 spiro atoms. The lowest BCUT2D eigenvalue weighted by atomic mass is 9.96. The molecule has 0 fully saturated rings. The summed E-state index contributed by atoms with van der Waals surface area (Å²) in [6, 6.07) is 26.2. The van der Waals surface area contributed by atoms with Gasteiger partial charge in [-0.1, -0.05) is 42.5 Å². The normalized spacial score (nSPS) is 13.5. The Bertz CT molecular complexity index is 2070. The van der Waals surface area contributed by atoms with Crippen LogP contribution in [0.15, 0.2) is 85.2 Å². The Morgan fingerprint density at radius 3 is 2.20 bits per heavy atom.